The Kier molecular flexibility index (Phi) is 5.90. The Labute approximate surface area is 198 Å². The number of halogens is 4. The van der Waals surface area contributed by atoms with Crippen LogP contribution in [0.1, 0.15) is 47.3 Å². The van der Waals surface area contributed by atoms with Gasteiger partial charge in [-0.3, -0.25) is 4.79 Å². The van der Waals surface area contributed by atoms with Crippen LogP contribution in [0.15, 0.2) is 48.7 Å². The number of benzene rings is 2. The lowest BCUT2D eigenvalue weighted by Gasteiger charge is -2.31. The number of hydrogen-bond acceptors (Lipinski definition) is 4. The lowest BCUT2D eigenvalue weighted by Crippen LogP contribution is -2.39. The first-order valence-electron chi connectivity index (χ1n) is 11.4. The molecule has 2 aromatic carbocycles. The highest BCUT2D eigenvalue weighted by atomic mass is 19.4. The fourth-order valence-corrected chi connectivity index (χ4v) is 4.93. The number of nitrogens with zero attached hydrogens (tertiary/aromatic N) is 2. The third kappa shape index (κ3) is 4.33. The number of nitrogens with one attached hydrogen (secondary N) is 1. The molecule has 1 saturated carbocycles. The molecule has 2 aliphatic rings. The minimum atomic E-state index is -4.92. The average molecular weight is 489 g/mol. The molecule has 0 bridgehead atoms. The van der Waals surface area contributed by atoms with E-state index in [1.54, 1.807) is 0 Å². The molecule has 3 aromatic rings. The van der Waals surface area contributed by atoms with Gasteiger partial charge in [0.05, 0.1) is 11.8 Å². The van der Waals surface area contributed by atoms with Gasteiger partial charge in [0.15, 0.2) is 17.2 Å². The van der Waals surface area contributed by atoms with Crippen molar-refractivity contribution in [2.45, 2.75) is 37.3 Å². The van der Waals surface area contributed by atoms with Crippen LogP contribution >= 0.6 is 0 Å². The Hall–Kier alpha value is -3.56. The second-order valence-electron chi connectivity index (χ2n) is 8.80. The monoisotopic (exact) mass is 489 g/mol. The zero-order valence-corrected chi connectivity index (χ0v) is 18.7. The van der Waals surface area contributed by atoms with E-state index in [-0.39, 0.29) is 12.2 Å². The SMILES string of the molecule is O=C(NCC1(c2ccc3c(c2)OCCO3)CCCC1)c1cnn(-c2ccccc2F)c1C(F)(F)F. The molecular formula is C25H23F4N3O3. The summed E-state index contributed by atoms with van der Waals surface area (Å²) in [6.45, 7) is 1.05. The molecule has 1 fully saturated rings. The molecule has 5 rings (SSSR count). The van der Waals surface area contributed by atoms with Crippen LogP contribution in [0.2, 0.25) is 0 Å². The van der Waals surface area contributed by atoms with E-state index < -0.39 is 34.6 Å². The summed E-state index contributed by atoms with van der Waals surface area (Å²) in [6, 6.07) is 10.6. The normalized spacial score (nSPS) is 16.8. The van der Waals surface area contributed by atoms with Crippen LogP contribution in [0.3, 0.4) is 0 Å². The van der Waals surface area contributed by atoms with E-state index in [0.29, 0.717) is 29.4 Å². The first-order valence-corrected chi connectivity index (χ1v) is 11.4. The van der Waals surface area contributed by atoms with Gasteiger partial charge in [-0.1, -0.05) is 31.0 Å². The minimum Gasteiger partial charge on any atom is -0.486 e. The van der Waals surface area contributed by atoms with Crippen LogP contribution in [0.4, 0.5) is 17.6 Å². The molecule has 184 valence electrons. The number of aromatic nitrogens is 2. The van der Waals surface area contributed by atoms with E-state index in [9.17, 15) is 22.4 Å². The lowest BCUT2D eigenvalue weighted by atomic mass is 9.78. The van der Waals surface area contributed by atoms with Crippen LogP contribution in [0, 0.1) is 5.82 Å². The van der Waals surface area contributed by atoms with Gasteiger partial charge in [0.25, 0.3) is 5.91 Å². The molecule has 1 aromatic heterocycles. The second-order valence-corrected chi connectivity index (χ2v) is 8.80. The molecule has 6 nitrogen and oxygen atoms in total. The lowest BCUT2D eigenvalue weighted by molar-refractivity contribution is -0.143. The molecule has 1 amide bonds. The summed E-state index contributed by atoms with van der Waals surface area (Å²) in [6.07, 6.45) is -0.684. The van der Waals surface area contributed by atoms with E-state index in [1.807, 2.05) is 18.2 Å². The smallest absolute Gasteiger partial charge is 0.434 e. The number of fused-ring (bicyclic) bond motifs is 1. The Morgan fingerprint density at radius 1 is 1.06 bits per heavy atom. The summed E-state index contributed by atoms with van der Waals surface area (Å²) in [5, 5.41) is 6.40. The Morgan fingerprint density at radius 3 is 2.49 bits per heavy atom. The van der Waals surface area contributed by atoms with Crippen molar-refractivity contribution < 1.29 is 31.8 Å². The number of rotatable bonds is 5. The van der Waals surface area contributed by atoms with Crippen molar-refractivity contribution in [1.29, 1.82) is 0 Å². The van der Waals surface area contributed by atoms with Crippen LogP contribution in [0.5, 0.6) is 11.5 Å². The van der Waals surface area contributed by atoms with Gasteiger partial charge in [-0.05, 0) is 42.7 Å². The first kappa shape index (κ1) is 23.2. The van der Waals surface area contributed by atoms with E-state index >= 15 is 0 Å². The van der Waals surface area contributed by atoms with E-state index in [4.69, 9.17) is 9.47 Å². The highest BCUT2D eigenvalue weighted by Gasteiger charge is 2.42. The van der Waals surface area contributed by atoms with Crippen molar-refractivity contribution in [1.82, 2.24) is 15.1 Å². The van der Waals surface area contributed by atoms with Crippen LogP contribution in [-0.2, 0) is 11.6 Å². The predicted octanol–water partition coefficient (Wildman–Crippen LogP) is 5.04. The fraction of sp³-hybridized carbons (Fsp3) is 0.360. The van der Waals surface area contributed by atoms with Gasteiger partial charge in [-0.2, -0.15) is 18.3 Å². The zero-order chi connectivity index (χ0) is 24.6. The van der Waals surface area contributed by atoms with Gasteiger partial charge < -0.3 is 14.8 Å². The fourth-order valence-electron chi connectivity index (χ4n) is 4.93. The molecule has 0 radical (unpaired) electrons. The quantitative estimate of drug-likeness (QED) is 0.510. The molecule has 10 heteroatoms. The standard InChI is InChI=1S/C25H23F4N3O3/c26-18-5-1-2-6-19(18)32-22(25(27,28)29)17(14-31-32)23(33)30-15-24(9-3-4-10-24)16-7-8-20-21(13-16)35-12-11-34-20/h1-2,5-8,13-14H,3-4,9-12,15H2,(H,30,33). The third-order valence-corrected chi connectivity index (χ3v) is 6.67. The molecule has 2 heterocycles. The van der Waals surface area contributed by atoms with Crippen molar-refractivity contribution in [2.75, 3.05) is 19.8 Å². The van der Waals surface area contributed by atoms with Crippen LogP contribution in [0.25, 0.3) is 5.69 Å². The van der Waals surface area contributed by atoms with Gasteiger partial charge in [0.2, 0.25) is 0 Å². The number of amides is 1. The number of para-hydroxylation sites is 1. The summed E-state index contributed by atoms with van der Waals surface area (Å²) in [5.41, 5.74) is -1.86. The van der Waals surface area contributed by atoms with E-state index in [2.05, 4.69) is 10.4 Å². The van der Waals surface area contributed by atoms with Crippen molar-refractivity contribution in [3.05, 3.63) is 71.3 Å². The van der Waals surface area contributed by atoms with Gasteiger partial charge in [0.1, 0.15) is 24.7 Å². The number of ether oxygens (including phenoxy) is 2. The first-order chi connectivity index (χ1) is 16.8. The van der Waals surface area contributed by atoms with E-state index in [0.717, 1.165) is 43.5 Å². The highest BCUT2D eigenvalue weighted by Crippen LogP contribution is 2.44. The molecule has 0 unspecified atom stereocenters. The van der Waals surface area contributed by atoms with Gasteiger partial charge in [-0.25, -0.2) is 9.07 Å². The Morgan fingerprint density at radius 2 is 1.77 bits per heavy atom. The van der Waals surface area contributed by atoms with Gasteiger partial charge in [-0.15, -0.1) is 0 Å². The van der Waals surface area contributed by atoms with Gasteiger partial charge in [0, 0.05) is 12.0 Å². The summed E-state index contributed by atoms with van der Waals surface area (Å²) in [5.74, 6) is -0.523. The molecule has 1 aliphatic heterocycles. The summed E-state index contributed by atoms with van der Waals surface area (Å²) >= 11 is 0. The molecule has 35 heavy (non-hydrogen) atoms. The van der Waals surface area contributed by atoms with Crippen molar-refractivity contribution in [3.63, 3.8) is 0 Å². The molecule has 1 N–H and O–H groups in total. The molecule has 0 saturated heterocycles. The van der Waals surface area contributed by atoms with Crippen LogP contribution in [-0.4, -0.2) is 35.4 Å². The van der Waals surface area contributed by atoms with Gasteiger partial charge >= 0.3 is 6.18 Å². The maximum absolute atomic E-state index is 14.2. The molecular weight excluding hydrogens is 466 g/mol. The summed E-state index contributed by atoms with van der Waals surface area (Å²) < 4.78 is 67.8. The second kappa shape index (κ2) is 8.90. The average Bonchev–Trinajstić information content (AvgIpc) is 3.51. The van der Waals surface area contributed by atoms with E-state index in [1.165, 1.54) is 18.2 Å². The molecule has 0 atom stereocenters. The van der Waals surface area contributed by atoms with Crippen molar-refractivity contribution >= 4 is 5.91 Å². The number of alkyl halides is 3. The summed E-state index contributed by atoms with van der Waals surface area (Å²) in [4.78, 5) is 13.0. The summed E-state index contributed by atoms with van der Waals surface area (Å²) in [7, 11) is 0. The number of carbonyl (C=O) groups is 1. The number of hydrogen-bond donors (Lipinski definition) is 1. The maximum atomic E-state index is 14.2. The third-order valence-electron chi connectivity index (χ3n) is 6.67. The topological polar surface area (TPSA) is 65.4 Å². The van der Waals surface area contributed by atoms with Crippen LogP contribution < -0.4 is 14.8 Å². The molecule has 1 aliphatic carbocycles. The minimum absolute atomic E-state index is 0.146. The highest BCUT2D eigenvalue weighted by molar-refractivity contribution is 5.95. The number of carbonyl (C=O) groups excluding carboxylic acids is 1. The zero-order valence-electron chi connectivity index (χ0n) is 18.7. The van der Waals surface area contributed by atoms with Crippen molar-refractivity contribution in [3.8, 4) is 17.2 Å². The van der Waals surface area contributed by atoms with Crippen molar-refractivity contribution in [2.24, 2.45) is 0 Å². The Balaban J connectivity index is 1.43. The Bertz CT molecular complexity index is 1250. The largest absolute Gasteiger partial charge is 0.486 e. The maximum Gasteiger partial charge on any atom is 0.434 e. The predicted molar refractivity (Wildman–Crippen MR) is 118 cm³/mol. The molecule has 0 spiro atoms.